The van der Waals surface area contributed by atoms with E-state index in [9.17, 15) is 8.78 Å². The lowest BCUT2D eigenvalue weighted by molar-refractivity contribution is 0.396. The lowest BCUT2D eigenvalue weighted by atomic mass is 9.75. The monoisotopic (exact) mass is 275 g/mol. The van der Waals surface area contributed by atoms with Crippen molar-refractivity contribution in [3.05, 3.63) is 70.8 Å². The van der Waals surface area contributed by atoms with Gasteiger partial charge in [-0.15, -0.1) is 0 Å². The average Bonchev–Trinajstić information content (AvgIpc) is 2.45. The molecule has 0 spiro atoms. The van der Waals surface area contributed by atoms with Gasteiger partial charge in [0.2, 0.25) is 0 Å². The van der Waals surface area contributed by atoms with Crippen molar-refractivity contribution in [3.63, 3.8) is 0 Å². The molecular weight excluding hydrogens is 256 g/mol. The maximum atomic E-state index is 14.1. The zero-order valence-electron chi connectivity index (χ0n) is 12.0. The Kier molecular flexibility index (Phi) is 3.91. The first-order chi connectivity index (χ1) is 9.35. The molecule has 1 nitrogen and oxygen atoms in total. The van der Waals surface area contributed by atoms with Gasteiger partial charge in [-0.25, -0.2) is 8.78 Å². The first-order valence-corrected chi connectivity index (χ1v) is 6.61. The predicted molar refractivity (Wildman–Crippen MR) is 77.5 cm³/mol. The van der Waals surface area contributed by atoms with Crippen LogP contribution in [0.4, 0.5) is 8.78 Å². The summed E-state index contributed by atoms with van der Waals surface area (Å²) >= 11 is 0. The lowest BCUT2D eigenvalue weighted by Gasteiger charge is -2.33. The lowest BCUT2D eigenvalue weighted by Crippen LogP contribution is -2.34. The summed E-state index contributed by atoms with van der Waals surface area (Å²) in [4.78, 5) is 0. The van der Waals surface area contributed by atoms with E-state index in [-0.39, 0.29) is 11.1 Å². The molecule has 3 heteroatoms. The highest BCUT2D eigenvalue weighted by molar-refractivity contribution is 5.34. The van der Waals surface area contributed by atoms with Crippen molar-refractivity contribution in [2.75, 3.05) is 0 Å². The van der Waals surface area contributed by atoms with Crippen LogP contribution >= 0.6 is 0 Å². The minimum atomic E-state index is -0.846. The molecule has 0 aliphatic heterocycles. The third-order valence-corrected chi connectivity index (χ3v) is 3.94. The number of aryl methyl sites for hydroxylation is 1. The zero-order chi connectivity index (χ0) is 14.9. The van der Waals surface area contributed by atoms with Gasteiger partial charge in [-0.3, -0.25) is 0 Å². The molecule has 106 valence electrons. The fourth-order valence-corrected chi connectivity index (χ4v) is 2.34. The second kappa shape index (κ2) is 5.33. The van der Waals surface area contributed by atoms with Crippen molar-refractivity contribution in [2.24, 2.45) is 5.73 Å². The Morgan fingerprint density at radius 1 is 0.950 bits per heavy atom. The fraction of sp³-hybridized carbons (Fsp3) is 0.294. The zero-order valence-corrected chi connectivity index (χ0v) is 12.0. The van der Waals surface area contributed by atoms with Crippen molar-refractivity contribution >= 4 is 0 Å². The molecule has 2 N–H and O–H groups in total. The van der Waals surface area contributed by atoms with Gasteiger partial charge in [-0.2, -0.15) is 0 Å². The van der Waals surface area contributed by atoms with Crippen LogP contribution in [0.5, 0.6) is 0 Å². The van der Waals surface area contributed by atoms with Gasteiger partial charge in [-0.1, -0.05) is 56.3 Å². The molecule has 0 fully saturated rings. The van der Waals surface area contributed by atoms with Crippen LogP contribution in [0, 0.1) is 18.6 Å². The largest absolute Gasteiger partial charge is 0.323 e. The van der Waals surface area contributed by atoms with Crippen LogP contribution in [-0.2, 0) is 5.41 Å². The average molecular weight is 275 g/mol. The van der Waals surface area contributed by atoms with Crippen molar-refractivity contribution in [3.8, 4) is 0 Å². The van der Waals surface area contributed by atoms with Gasteiger partial charge in [-0.05, 0) is 18.1 Å². The van der Waals surface area contributed by atoms with Crippen molar-refractivity contribution < 1.29 is 8.78 Å². The van der Waals surface area contributed by atoms with Crippen molar-refractivity contribution in [2.45, 2.75) is 32.2 Å². The Morgan fingerprint density at radius 3 is 2.15 bits per heavy atom. The molecule has 1 unspecified atom stereocenters. The molecular formula is C17H19F2N. The van der Waals surface area contributed by atoms with Crippen LogP contribution in [-0.4, -0.2) is 0 Å². The minimum Gasteiger partial charge on any atom is -0.323 e. The molecule has 0 radical (unpaired) electrons. The van der Waals surface area contributed by atoms with Crippen LogP contribution in [0.3, 0.4) is 0 Å². The van der Waals surface area contributed by atoms with E-state index in [2.05, 4.69) is 0 Å². The molecule has 0 aliphatic carbocycles. The van der Waals surface area contributed by atoms with E-state index < -0.39 is 23.1 Å². The predicted octanol–water partition coefficient (Wildman–Crippen LogP) is 4.25. The number of hydrogen-bond donors (Lipinski definition) is 1. The van der Waals surface area contributed by atoms with Crippen LogP contribution < -0.4 is 5.73 Å². The molecule has 0 heterocycles. The summed E-state index contributed by atoms with van der Waals surface area (Å²) in [6.45, 7) is 5.41. The summed E-state index contributed by atoms with van der Waals surface area (Å²) in [6.07, 6.45) is 0. The molecule has 2 aromatic rings. The topological polar surface area (TPSA) is 26.0 Å². The third-order valence-electron chi connectivity index (χ3n) is 3.94. The smallest absolute Gasteiger partial charge is 0.163 e. The number of nitrogens with two attached hydrogens (primary N) is 1. The van der Waals surface area contributed by atoms with Crippen molar-refractivity contribution in [1.29, 1.82) is 0 Å². The fourth-order valence-electron chi connectivity index (χ4n) is 2.34. The highest BCUT2D eigenvalue weighted by Crippen LogP contribution is 2.36. The summed E-state index contributed by atoms with van der Waals surface area (Å²) in [5.74, 6) is -1.66. The second-order valence-corrected chi connectivity index (χ2v) is 5.67. The van der Waals surface area contributed by atoms with Gasteiger partial charge >= 0.3 is 0 Å². The van der Waals surface area contributed by atoms with E-state index in [1.807, 2.05) is 44.2 Å². The summed E-state index contributed by atoms with van der Waals surface area (Å²) < 4.78 is 27.8. The van der Waals surface area contributed by atoms with E-state index in [0.717, 1.165) is 5.56 Å². The van der Waals surface area contributed by atoms with E-state index in [0.29, 0.717) is 0 Å². The molecule has 0 saturated heterocycles. The van der Waals surface area contributed by atoms with E-state index in [1.165, 1.54) is 6.92 Å². The second-order valence-electron chi connectivity index (χ2n) is 5.67. The number of hydrogen-bond acceptors (Lipinski definition) is 1. The first kappa shape index (κ1) is 14.7. The van der Waals surface area contributed by atoms with E-state index >= 15 is 0 Å². The SMILES string of the molecule is Cc1ccc(C(N)C(C)(C)c2ccccc2)c(F)c1F. The Labute approximate surface area is 118 Å². The first-order valence-electron chi connectivity index (χ1n) is 6.61. The molecule has 0 saturated carbocycles. The maximum Gasteiger partial charge on any atom is 0.163 e. The molecule has 0 bridgehead atoms. The van der Waals surface area contributed by atoms with E-state index in [1.54, 1.807) is 12.1 Å². The molecule has 20 heavy (non-hydrogen) atoms. The summed E-state index contributed by atoms with van der Waals surface area (Å²) in [5, 5.41) is 0. The summed E-state index contributed by atoms with van der Waals surface area (Å²) in [6, 6.07) is 12.1. The Morgan fingerprint density at radius 2 is 1.55 bits per heavy atom. The minimum absolute atomic E-state index is 0.210. The molecule has 2 aromatic carbocycles. The van der Waals surface area contributed by atoms with Gasteiger partial charge in [0.05, 0.1) is 0 Å². The molecule has 1 atom stereocenters. The van der Waals surface area contributed by atoms with Crippen LogP contribution in [0.1, 0.15) is 36.6 Å². The Hall–Kier alpha value is -1.74. The molecule has 0 amide bonds. The van der Waals surface area contributed by atoms with Gasteiger partial charge in [0.25, 0.3) is 0 Å². The van der Waals surface area contributed by atoms with Crippen LogP contribution in [0.2, 0.25) is 0 Å². The molecule has 0 aromatic heterocycles. The number of benzene rings is 2. The summed E-state index contributed by atoms with van der Waals surface area (Å²) in [5.41, 5.74) is 7.21. The third kappa shape index (κ3) is 2.46. The van der Waals surface area contributed by atoms with Gasteiger partial charge in [0.15, 0.2) is 11.6 Å². The Balaban J connectivity index is 2.46. The molecule has 0 aliphatic rings. The summed E-state index contributed by atoms with van der Waals surface area (Å²) in [7, 11) is 0. The number of rotatable bonds is 3. The maximum absolute atomic E-state index is 14.1. The van der Waals surface area contributed by atoms with Crippen LogP contribution in [0.15, 0.2) is 42.5 Å². The Bertz CT molecular complexity index is 606. The van der Waals surface area contributed by atoms with Gasteiger partial charge in [0, 0.05) is 17.0 Å². The standard InChI is InChI=1S/C17H19F2N/c1-11-9-10-13(15(19)14(11)18)16(20)17(2,3)12-7-5-4-6-8-12/h4-10,16H,20H2,1-3H3. The van der Waals surface area contributed by atoms with Gasteiger partial charge < -0.3 is 5.73 Å². The highest BCUT2D eigenvalue weighted by atomic mass is 19.2. The quantitative estimate of drug-likeness (QED) is 0.890. The van der Waals surface area contributed by atoms with Crippen molar-refractivity contribution in [1.82, 2.24) is 0 Å². The normalized spacial score (nSPS) is 13.3. The molecule has 2 rings (SSSR count). The van der Waals surface area contributed by atoms with Crippen LogP contribution in [0.25, 0.3) is 0 Å². The van der Waals surface area contributed by atoms with Gasteiger partial charge in [0.1, 0.15) is 0 Å². The van der Waals surface area contributed by atoms with E-state index in [4.69, 9.17) is 5.73 Å². The number of halogens is 2. The highest BCUT2D eigenvalue weighted by Gasteiger charge is 2.32.